The van der Waals surface area contributed by atoms with Crippen molar-refractivity contribution in [1.82, 2.24) is 9.80 Å². The summed E-state index contributed by atoms with van der Waals surface area (Å²) in [5.41, 5.74) is 1.23. The molecule has 1 saturated heterocycles. The molecule has 0 saturated carbocycles. The summed E-state index contributed by atoms with van der Waals surface area (Å²) >= 11 is 0. The van der Waals surface area contributed by atoms with Crippen molar-refractivity contribution in [1.29, 1.82) is 0 Å². The fraction of sp³-hybridized carbons (Fsp3) is 0.562. The summed E-state index contributed by atoms with van der Waals surface area (Å²) in [5, 5.41) is 0. The molecule has 4 nitrogen and oxygen atoms in total. The van der Waals surface area contributed by atoms with Gasteiger partial charge in [-0.2, -0.15) is 0 Å². The number of rotatable bonds is 5. The Balaban J connectivity index is 1.91. The Kier molecular flexibility index (Phi) is 5.41. The first-order valence-corrected chi connectivity index (χ1v) is 7.45. The molecule has 2 rings (SSSR count). The van der Waals surface area contributed by atoms with Gasteiger partial charge in [0, 0.05) is 44.7 Å². The highest BCUT2D eigenvalue weighted by Gasteiger charge is 2.20. The van der Waals surface area contributed by atoms with Crippen LogP contribution in [0, 0.1) is 0 Å². The van der Waals surface area contributed by atoms with Crippen LogP contribution in [0.25, 0.3) is 0 Å². The second-order valence-corrected chi connectivity index (χ2v) is 5.05. The lowest BCUT2D eigenvalue weighted by Gasteiger charge is -2.34. The molecular weight excluding hydrogens is 252 g/mol. The Labute approximate surface area is 121 Å². The largest absolute Gasteiger partial charge is 0.494 e. The number of para-hydroxylation sites is 1. The van der Waals surface area contributed by atoms with Gasteiger partial charge in [0.25, 0.3) is 0 Å². The molecule has 0 bridgehead atoms. The predicted octanol–water partition coefficient (Wildman–Crippen LogP) is 2.14. The predicted molar refractivity (Wildman–Crippen MR) is 79.8 cm³/mol. The zero-order valence-electron chi connectivity index (χ0n) is 12.5. The van der Waals surface area contributed by atoms with E-state index in [1.807, 2.05) is 30.9 Å². The Morgan fingerprint density at radius 1 is 1.15 bits per heavy atom. The van der Waals surface area contributed by atoms with Gasteiger partial charge in [-0.1, -0.05) is 25.1 Å². The molecule has 1 aromatic rings. The van der Waals surface area contributed by atoms with Crippen molar-refractivity contribution < 1.29 is 9.53 Å². The van der Waals surface area contributed by atoms with Crippen molar-refractivity contribution in [3.05, 3.63) is 29.8 Å². The van der Waals surface area contributed by atoms with Gasteiger partial charge < -0.3 is 9.64 Å². The fourth-order valence-electron chi connectivity index (χ4n) is 2.55. The Morgan fingerprint density at radius 3 is 2.50 bits per heavy atom. The molecule has 0 atom stereocenters. The van der Waals surface area contributed by atoms with Crippen molar-refractivity contribution in [3.8, 4) is 5.75 Å². The van der Waals surface area contributed by atoms with Gasteiger partial charge in [-0.25, -0.2) is 0 Å². The number of nitrogens with zero attached hydrogens (tertiary/aromatic N) is 2. The standard InChI is InChI=1S/C16H24N2O2/c1-3-16(19)18-11-9-17(10-12-18)13-14-7-5-6-8-15(14)20-4-2/h5-8H,3-4,9-13H2,1-2H3. The van der Waals surface area contributed by atoms with E-state index >= 15 is 0 Å². The molecule has 0 N–H and O–H groups in total. The number of hydrogen-bond donors (Lipinski definition) is 0. The minimum atomic E-state index is 0.263. The molecule has 4 heteroatoms. The number of carbonyl (C=O) groups excluding carboxylic acids is 1. The molecule has 0 aliphatic carbocycles. The molecule has 1 aliphatic heterocycles. The highest BCUT2D eigenvalue weighted by atomic mass is 16.5. The third-order valence-corrected chi connectivity index (χ3v) is 3.69. The number of amides is 1. The second kappa shape index (κ2) is 7.29. The van der Waals surface area contributed by atoms with Crippen molar-refractivity contribution >= 4 is 5.91 Å². The van der Waals surface area contributed by atoms with Crippen LogP contribution in [0.3, 0.4) is 0 Å². The molecule has 0 spiro atoms. The number of piperazine rings is 1. The minimum absolute atomic E-state index is 0.263. The zero-order chi connectivity index (χ0) is 14.4. The van der Waals surface area contributed by atoms with Gasteiger partial charge in [-0.05, 0) is 13.0 Å². The van der Waals surface area contributed by atoms with Gasteiger partial charge in [-0.15, -0.1) is 0 Å². The van der Waals surface area contributed by atoms with Crippen LogP contribution in [-0.2, 0) is 11.3 Å². The smallest absolute Gasteiger partial charge is 0.222 e. The first kappa shape index (κ1) is 14.9. The molecule has 1 fully saturated rings. The van der Waals surface area contributed by atoms with E-state index in [1.54, 1.807) is 0 Å². The average molecular weight is 276 g/mol. The molecule has 110 valence electrons. The van der Waals surface area contributed by atoms with Gasteiger partial charge in [0.15, 0.2) is 0 Å². The summed E-state index contributed by atoms with van der Waals surface area (Å²) in [6, 6.07) is 8.20. The highest BCUT2D eigenvalue weighted by Crippen LogP contribution is 2.20. The third-order valence-electron chi connectivity index (χ3n) is 3.69. The maximum Gasteiger partial charge on any atom is 0.222 e. The van der Waals surface area contributed by atoms with E-state index in [-0.39, 0.29) is 5.91 Å². The fourth-order valence-corrected chi connectivity index (χ4v) is 2.55. The zero-order valence-corrected chi connectivity index (χ0v) is 12.5. The quantitative estimate of drug-likeness (QED) is 0.826. The van der Waals surface area contributed by atoms with E-state index in [0.29, 0.717) is 13.0 Å². The van der Waals surface area contributed by atoms with Crippen LogP contribution in [0.5, 0.6) is 5.75 Å². The first-order chi connectivity index (χ1) is 9.74. The number of ether oxygens (including phenoxy) is 1. The lowest BCUT2D eigenvalue weighted by atomic mass is 10.1. The third kappa shape index (κ3) is 3.73. The van der Waals surface area contributed by atoms with Crippen molar-refractivity contribution in [2.45, 2.75) is 26.8 Å². The van der Waals surface area contributed by atoms with Crippen molar-refractivity contribution in [2.75, 3.05) is 32.8 Å². The van der Waals surface area contributed by atoms with E-state index < -0.39 is 0 Å². The Morgan fingerprint density at radius 2 is 1.85 bits per heavy atom. The molecule has 20 heavy (non-hydrogen) atoms. The van der Waals surface area contributed by atoms with Gasteiger partial charge in [-0.3, -0.25) is 9.69 Å². The van der Waals surface area contributed by atoms with Gasteiger partial charge >= 0.3 is 0 Å². The summed E-state index contributed by atoms with van der Waals surface area (Å²) in [6.07, 6.45) is 0.604. The van der Waals surface area contributed by atoms with E-state index in [4.69, 9.17) is 4.74 Å². The van der Waals surface area contributed by atoms with Gasteiger partial charge in [0.05, 0.1) is 6.61 Å². The second-order valence-electron chi connectivity index (χ2n) is 5.05. The van der Waals surface area contributed by atoms with E-state index in [0.717, 1.165) is 38.5 Å². The van der Waals surface area contributed by atoms with Crippen molar-refractivity contribution in [3.63, 3.8) is 0 Å². The maximum absolute atomic E-state index is 11.7. The molecular formula is C16H24N2O2. The SMILES string of the molecule is CCOc1ccccc1CN1CCN(C(=O)CC)CC1. The van der Waals surface area contributed by atoms with Crippen molar-refractivity contribution in [2.24, 2.45) is 0 Å². The number of hydrogen-bond acceptors (Lipinski definition) is 3. The van der Waals surface area contributed by atoms with Crippen LogP contribution in [-0.4, -0.2) is 48.5 Å². The Hall–Kier alpha value is -1.55. The molecule has 1 aromatic carbocycles. The van der Waals surface area contributed by atoms with E-state index in [9.17, 15) is 4.79 Å². The van der Waals surface area contributed by atoms with Crippen LogP contribution in [0.1, 0.15) is 25.8 Å². The number of benzene rings is 1. The molecule has 0 unspecified atom stereocenters. The monoisotopic (exact) mass is 276 g/mol. The summed E-state index contributed by atoms with van der Waals surface area (Å²) in [6.45, 7) is 9.06. The van der Waals surface area contributed by atoms with Gasteiger partial charge in [0.2, 0.25) is 5.91 Å². The Bertz CT molecular complexity index is 440. The molecule has 1 amide bonds. The van der Waals surface area contributed by atoms with E-state index in [1.165, 1.54) is 5.56 Å². The summed E-state index contributed by atoms with van der Waals surface area (Å²) in [7, 11) is 0. The van der Waals surface area contributed by atoms with Gasteiger partial charge in [0.1, 0.15) is 5.75 Å². The first-order valence-electron chi connectivity index (χ1n) is 7.45. The lowest BCUT2D eigenvalue weighted by Crippen LogP contribution is -2.48. The van der Waals surface area contributed by atoms with Crippen LogP contribution in [0.15, 0.2) is 24.3 Å². The summed E-state index contributed by atoms with van der Waals surface area (Å²) in [5.74, 6) is 1.24. The van der Waals surface area contributed by atoms with Crippen LogP contribution < -0.4 is 4.74 Å². The highest BCUT2D eigenvalue weighted by molar-refractivity contribution is 5.75. The maximum atomic E-state index is 11.7. The summed E-state index contributed by atoms with van der Waals surface area (Å²) < 4.78 is 5.66. The lowest BCUT2D eigenvalue weighted by molar-refractivity contribution is -0.132. The van der Waals surface area contributed by atoms with Crippen LogP contribution in [0.2, 0.25) is 0 Å². The topological polar surface area (TPSA) is 32.8 Å². The van der Waals surface area contributed by atoms with Crippen LogP contribution in [0.4, 0.5) is 0 Å². The molecule has 0 aromatic heterocycles. The normalized spacial score (nSPS) is 16.2. The molecule has 1 aliphatic rings. The molecule has 1 heterocycles. The number of carbonyl (C=O) groups is 1. The summed E-state index contributed by atoms with van der Waals surface area (Å²) in [4.78, 5) is 16.0. The molecule has 0 radical (unpaired) electrons. The average Bonchev–Trinajstić information content (AvgIpc) is 2.49. The van der Waals surface area contributed by atoms with Crippen LogP contribution >= 0.6 is 0 Å². The van der Waals surface area contributed by atoms with E-state index in [2.05, 4.69) is 17.0 Å². The minimum Gasteiger partial charge on any atom is -0.494 e.